The topological polar surface area (TPSA) is 28.7 Å². The van der Waals surface area contributed by atoms with E-state index in [-0.39, 0.29) is 0 Å². The number of rotatable bonds is 0. The van der Waals surface area contributed by atoms with Gasteiger partial charge in [-0.15, -0.1) is 0 Å². The van der Waals surface area contributed by atoms with Crippen LogP contribution >= 0.6 is 0 Å². The Hall–Kier alpha value is -2.35. The van der Waals surface area contributed by atoms with Crippen molar-refractivity contribution in [1.82, 2.24) is 9.97 Å². The number of para-hydroxylation sites is 1. The molecule has 20 heavy (non-hydrogen) atoms. The normalized spacial score (nSPS) is 11.8. The van der Waals surface area contributed by atoms with Crippen molar-refractivity contribution in [2.75, 3.05) is 0 Å². The molecule has 0 unspecified atom stereocenters. The Balaban J connectivity index is 2.32. The molecule has 2 nitrogen and oxygen atoms in total. The SMILES string of the molecule is Cc1cc2[nH]c3c4ccccc4nc(C)c3c2cc1C. The molecule has 0 spiro atoms. The molecule has 98 valence electrons. The molecule has 1 N–H and O–H groups in total. The first-order chi connectivity index (χ1) is 9.65. The third-order valence-corrected chi connectivity index (χ3v) is 4.24. The molecule has 0 aliphatic carbocycles. The number of nitrogens with zero attached hydrogens (tertiary/aromatic N) is 1. The number of aromatic amines is 1. The lowest BCUT2D eigenvalue weighted by Gasteiger charge is -2.03. The van der Waals surface area contributed by atoms with Gasteiger partial charge in [0.2, 0.25) is 0 Å². The van der Waals surface area contributed by atoms with Crippen LogP contribution in [0.2, 0.25) is 0 Å². The molecule has 0 radical (unpaired) electrons. The van der Waals surface area contributed by atoms with E-state index in [1.54, 1.807) is 0 Å². The van der Waals surface area contributed by atoms with E-state index < -0.39 is 0 Å². The summed E-state index contributed by atoms with van der Waals surface area (Å²) in [6.07, 6.45) is 0. The number of nitrogens with one attached hydrogen (secondary N) is 1. The molecule has 0 aliphatic rings. The van der Waals surface area contributed by atoms with Gasteiger partial charge in [-0.05, 0) is 50.1 Å². The van der Waals surface area contributed by atoms with Crippen molar-refractivity contribution in [3.05, 3.63) is 53.2 Å². The van der Waals surface area contributed by atoms with Gasteiger partial charge < -0.3 is 4.98 Å². The van der Waals surface area contributed by atoms with E-state index in [1.807, 2.05) is 6.07 Å². The quantitative estimate of drug-likeness (QED) is 0.483. The van der Waals surface area contributed by atoms with E-state index in [0.29, 0.717) is 0 Å². The molecule has 4 rings (SSSR count). The highest BCUT2D eigenvalue weighted by atomic mass is 14.8. The monoisotopic (exact) mass is 260 g/mol. The maximum atomic E-state index is 4.76. The van der Waals surface area contributed by atoms with E-state index >= 15 is 0 Å². The summed E-state index contributed by atoms with van der Waals surface area (Å²) < 4.78 is 0. The lowest BCUT2D eigenvalue weighted by atomic mass is 10.0. The second-order valence-electron chi connectivity index (χ2n) is 5.57. The first kappa shape index (κ1) is 11.5. The second-order valence-corrected chi connectivity index (χ2v) is 5.57. The largest absolute Gasteiger partial charge is 0.354 e. The fourth-order valence-electron chi connectivity index (χ4n) is 3.06. The number of H-pyrrole nitrogens is 1. The number of pyridine rings is 1. The highest BCUT2D eigenvalue weighted by Crippen LogP contribution is 2.33. The third kappa shape index (κ3) is 1.42. The predicted octanol–water partition coefficient (Wildman–Crippen LogP) is 4.79. The Morgan fingerprint density at radius 1 is 0.900 bits per heavy atom. The van der Waals surface area contributed by atoms with Gasteiger partial charge in [-0.1, -0.05) is 18.2 Å². The number of aromatic nitrogens is 2. The molecule has 2 heteroatoms. The van der Waals surface area contributed by atoms with Gasteiger partial charge in [-0.2, -0.15) is 0 Å². The van der Waals surface area contributed by atoms with Crippen molar-refractivity contribution in [3.8, 4) is 0 Å². The van der Waals surface area contributed by atoms with Gasteiger partial charge in [0.15, 0.2) is 0 Å². The zero-order valence-corrected chi connectivity index (χ0v) is 11.9. The molecular formula is C18H16N2. The van der Waals surface area contributed by atoms with Crippen LogP contribution in [0.1, 0.15) is 16.8 Å². The van der Waals surface area contributed by atoms with Crippen molar-refractivity contribution >= 4 is 32.7 Å². The Morgan fingerprint density at radius 3 is 2.50 bits per heavy atom. The van der Waals surface area contributed by atoms with E-state index in [2.05, 4.69) is 56.1 Å². The van der Waals surface area contributed by atoms with Gasteiger partial charge in [0, 0.05) is 27.4 Å². The van der Waals surface area contributed by atoms with Crippen molar-refractivity contribution in [2.24, 2.45) is 0 Å². The molecule has 4 aromatic rings. The molecule has 0 bridgehead atoms. The number of hydrogen-bond donors (Lipinski definition) is 1. The molecule has 0 saturated carbocycles. The highest BCUT2D eigenvalue weighted by Gasteiger charge is 2.12. The minimum atomic E-state index is 1.05. The standard InChI is InChI=1S/C18H16N2/c1-10-8-14-16(9-11(10)2)20-18-13-6-4-5-7-15(13)19-12(3)17(14)18/h4-9,20H,1-3H3. The smallest absolute Gasteiger partial charge is 0.0726 e. The van der Waals surface area contributed by atoms with Gasteiger partial charge >= 0.3 is 0 Å². The summed E-state index contributed by atoms with van der Waals surface area (Å²) >= 11 is 0. The molecular weight excluding hydrogens is 244 g/mol. The summed E-state index contributed by atoms with van der Waals surface area (Å²) in [7, 11) is 0. The summed E-state index contributed by atoms with van der Waals surface area (Å²) in [4.78, 5) is 8.35. The van der Waals surface area contributed by atoms with Crippen LogP contribution in [-0.2, 0) is 0 Å². The summed E-state index contributed by atoms with van der Waals surface area (Å²) in [6.45, 7) is 6.41. The molecule has 2 aromatic carbocycles. The van der Waals surface area contributed by atoms with Crippen LogP contribution in [0.4, 0.5) is 0 Å². The van der Waals surface area contributed by atoms with Crippen molar-refractivity contribution in [3.63, 3.8) is 0 Å². The fraction of sp³-hybridized carbons (Fsp3) is 0.167. The number of fused-ring (bicyclic) bond motifs is 5. The number of hydrogen-bond acceptors (Lipinski definition) is 1. The van der Waals surface area contributed by atoms with Gasteiger partial charge in [-0.3, -0.25) is 4.98 Å². The summed E-state index contributed by atoms with van der Waals surface area (Å²) in [6, 6.07) is 12.8. The minimum Gasteiger partial charge on any atom is -0.354 e. The third-order valence-electron chi connectivity index (χ3n) is 4.24. The average Bonchev–Trinajstić information content (AvgIpc) is 2.79. The zero-order valence-electron chi connectivity index (χ0n) is 11.9. The highest BCUT2D eigenvalue weighted by molar-refractivity contribution is 6.17. The molecule has 2 aromatic heterocycles. The second kappa shape index (κ2) is 3.83. The number of benzene rings is 2. The predicted molar refractivity (Wildman–Crippen MR) is 85.3 cm³/mol. The first-order valence-corrected chi connectivity index (χ1v) is 6.93. The van der Waals surface area contributed by atoms with Crippen LogP contribution in [0.25, 0.3) is 32.7 Å². The van der Waals surface area contributed by atoms with Crippen LogP contribution < -0.4 is 0 Å². The van der Waals surface area contributed by atoms with E-state index in [1.165, 1.54) is 38.3 Å². The molecule has 2 heterocycles. The van der Waals surface area contributed by atoms with Gasteiger partial charge in [-0.25, -0.2) is 0 Å². The van der Waals surface area contributed by atoms with E-state index in [0.717, 1.165) is 11.2 Å². The lowest BCUT2D eigenvalue weighted by Crippen LogP contribution is -1.86. The van der Waals surface area contributed by atoms with Gasteiger partial charge in [0.25, 0.3) is 0 Å². The van der Waals surface area contributed by atoms with Crippen LogP contribution in [0.15, 0.2) is 36.4 Å². The molecule has 0 atom stereocenters. The zero-order chi connectivity index (χ0) is 13.9. The molecule has 0 aliphatic heterocycles. The maximum absolute atomic E-state index is 4.76. The maximum Gasteiger partial charge on any atom is 0.0726 e. The Labute approximate surface area is 117 Å². The summed E-state index contributed by atoms with van der Waals surface area (Å²) in [5, 5.41) is 3.72. The van der Waals surface area contributed by atoms with Crippen LogP contribution in [0, 0.1) is 20.8 Å². The molecule has 0 saturated heterocycles. The first-order valence-electron chi connectivity index (χ1n) is 6.93. The van der Waals surface area contributed by atoms with Crippen LogP contribution in [0.5, 0.6) is 0 Å². The molecule has 0 amide bonds. The van der Waals surface area contributed by atoms with Crippen molar-refractivity contribution in [1.29, 1.82) is 0 Å². The van der Waals surface area contributed by atoms with Gasteiger partial charge in [0.1, 0.15) is 0 Å². The Kier molecular flexibility index (Phi) is 2.19. The van der Waals surface area contributed by atoms with Crippen LogP contribution in [0.3, 0.4) is 0 Å². The lowest BCUT2D eigenvalue weighted by molar-refractivity contribution is 1.29. The van der Waals surface area contributed by atoms with Crippen molar-refractivity contribution in [2.45, 2.75) is 20.8 Å². The average molecular weight is 260 g/mol. The Bertz CT molecular complexity index is 977. The molecule has 0 fully saturated rings. The minimum absolute atomic E-state index is 1.05. The van der Waals surface area contributed by atoms with Crippen molar-refractivity contribution < 1.29 is 0 Å². The van der Waals surface area contributed by atoms with E-state index in [4.69, 9.17) is 4.98 Å². The number of aryl methyl sites for hydroxylation is 3. The Morgan fingerprint density at radius 2 is 1.65 bits per heavy atom. The summed E-state index contributed by atoms with van der Waals surface area (Å²) in [5.41, 5.74) is 7.19. The summed E-state index contributed by atoms with van der Waals surface area (Å²) in [5.74, 6) is 0. The van der Waals surface area contributed by atoms with Crippen LogP contribution in [-0.4, -0.2) is 9.97 Å². The van der Waals surface area contributed by atoms with Gasteiger partial charge in [0.05, 0.1) is 11.0 Å². The van der Waals surface area contributed by atoms with E-state index in [9.17, 15) is 0 Å². The fourth-order valence-corrected chi connectivity index (χ4v) is 3.06.